The van der Waals surface area contributed by atoms with Gasteiger partial charge in [0, 0.05) is 30.7 Å². The molecule has 6 heteroatoms. The van der Waals surface area contributed by atoms with Gasteiger partial charge < -0.3 is 14.6 Å². The number of amides is 2. The Labute approximate surface area is 156 Å². The molecule has 5 nitrogen and oxygen atoms in total. The van der Waals surface area contributed by atoms with E-state index in [-0.39, 0.29) is 22.6 Å². The maximum atomic E-state index is 12.6. The fraction of sp³-hybridized carbons (Fsp3) is 0.200. The fourth-order valence-electron chi connectivity index (χ4n) is 2.80. The molecule has 0 aliphatic rings. The van der Waals surface area contributed by atoms with Crippen LogP contribution in [0.2, 0.25) is 5.02 Å². The van der Waals surface area contributed by atoms with Crippen molar-refractivity contribution in [2.75, 3.05) is 19.4 Å². The normalized spacial score (nSPS) is 10.8. The summed E-state index contributed by atoms with van der Waals surface area (Å²) in [6, 6.07) is 10.6. The molecule has 3 rings (SSSR count). The van der Waals surface area contributed by atoms with E-state index in [0.717, 1.165) is 16.5 Å². The van der Waals surface area contributed by atoms with E-state index in [4.69, 9.17) is 16.0 Å². The van der Waals surface area contributed by atoms with Crippen LogP contribution in [0.1, 0.15) is 32.0 Å². The van der Waals surface area contributed by atoms with Gasteiger partial charge in [0.15, 0.2) is 5.76 Å². The van der Waals surface area contributed by atoms with Crippen molar-refractivity contribution in [1.82, 2.24) is 4.90 Å². The van der Waals surface area contributed by atoms with Crippen molar-refractivity contribution in [2.24, 2.45) is 0 Å². The summed E-state index contributed by atoms with van der Waals surface area (Å²) in [5.74, 6) is -0.295. The summed E-state index contributed by atoms with van der Waals surface area (Å²) in [4.78, 5) is 26.1. The zero-order valence-corrected chi connectivity index (χ0v) is 15.8. The molecule has 2 amide bonds. The van der Waals surface area contributed by atoms with Crippen LogP contribution < -0.4 is 5.32 Å². The van der Waals surface area contributed by atoms with Gasteiger partial charge in [-0.1, -0.05) is 29.8 Å². The zero-order valence-electron chi connectivity index (χ0n) is 15.0. The third-order valence-corrected chi connectivity index (χ3v) is 4.54. The Hall–Kier alpha value is -2.79. The molecule has 1 heterocycles. The summed E-state index contributed by atoms with van der Waals surface area (Å²) in [7, 11) is 3.31. The van der Waals surface area contributed by atoms with E-state index >= 15 is 0 Å². The summed E-state index contributed by atoms with van der Waals surface area (Å²) in [5, 5.41) is 3.97. The Morgan fingerprint density at radius 3 is 2.46 bits per heavy atom. The predicted octanol–water partition coefficient (Wildman–Crippen LogP) is 4.66. The third-order valence-electron chi connectivity index (χ3n) is 4.23. The molecule has 0 unspecified atom stereocenters. The third kappa shape index (κ3) is 3.18. The quantitative estimate of drug-likeness (QED) is 0.729. The average Bonchev–Trinajstić information content (AvgIpc) is 2.93. The van der Waals surface area contributed by atoms with Gasteiger partial charge in [-0.3, -0.25) is 9.59 Å². The van der Waals surface area contributed by atoms with E-state index in [1.165, 1.54) is 4.90 Å². The zero-order chi connectivity index (χ0) is 19.0. The summed E-state index contributed by atoms with van der Waals surface area (Å²) >= 11 is 6.19. The van der Waals surface area contributed by atoms with Crippen molar-refractivity contribution in [3.05, 3.63) is 63.9 Å². The number of nitrogens with zero attached hydrogens (tertiary/aromatic N) is 1. The maximum Gasteiger partial charge on any atom is 0.291 e. The lowest BCUT2D eigenvalue weighted by Crippen LogP contribution is -2.22. The minimum Gasteiger partial charge on any atom is -0.450 e. The Morgan fingerprint density at radius 2 is 1.85 bits per heavy atom. The number of carbonyl (C=O) groups is 2. The maximum absolute atomic E-state index is 12.6. The van der Waals surface area contributed by atoms with Crippen LogP contribution in [0.25, 0.3) is 11.0 Å². The molecule has 0 radical (unpaired) electrons. The molecule has 0 fully saturated rings. The largest absolute Gasteiger partial charge is 0.450 e. The second-order valence-corrected chi connectivity index (χ2v) is 6.76. The van der Waals surface area contributed by atoms with Crippen LogP contribution >= 0.6 is 11.6 Å². The average molecular weight is 371 g/mol. The number of benzene rings is 2. The van der Waals surface area contributed by atoms with Gasteiger partial charge >= 0.3 is 0 Å². The molecule has 0 atom stereocenters. The number of furan rings is 1. The van der Waals surface area contributed by atoms with Crippen LogP contribution in [-0.4, -0.2) is 30.8 Å². The van der Waals surface area contributed by atoms with Crippen molar-refractivity contribution in [3.8, 4) is 0 Å². The van der Waals surface area contributed by atoms with Crippen molar-refractivity contribution in [2.45, 2.75) is 13.8 Å². The van der Waals surface area contributed by atoms with E-state index < -0.39 is 0 Å². The van der Waals surface area contributed by atoms with Gasteiger partial charge in [0.25, 0.3) is 11.8 Å². The van der Waals surface area contributed by atoms with Crippen LogP contribution in [0.5, 0.6) is 0 Å². The predicted molar refractivity (Wildman–Crippen MR) is 103 cm³/mol. The number of hydrogen-bond donors (Lipinski definition) is 1. The molecule has 26 heavy (non-hydrogen) atoms. The molecule has 0 aliphatic heterocycles. The fourth-order valence-corrected chi connectivity index (χ4v) is 3.06. The van der Waals surface area contributed by atoms with Gasteiger partial charge in [0.2, 0.25) is 0 Å². The second kappa shape index (κ2) is 6.84. The minimum atomic E-state index is -0.360. The van der Waals surface area contributed by atoms with E-state index in [2.05, 4.69) is 5.32 Å². The first-order chi connectivity index (χ1) is 12.3. The minimum absolute atomic E-state index is 0.198. The molecule has 1 aromatic heterocycles. The van der Waals surface area contributed by atoms with Crippen molar-refractivity contribution < 1.29 is 14.0 Å². The highest BCUT2D eigenvalue weighted by Gasteiger charge is 2.19. The molecule has 3 aromatic rings. The molecule has 0 saturated carbocycles. The highest BCUT2D eigenvalue weighted by molar-refractivity contribution is 6.34. The lowest BCUT2D eigenvalue weighted by atomic mass is 10.1. The number of hydrogen-bond acceptors (Lipinski definition) is 3. The standard InChI is InChI=1S/C20H19ClN2O3/c1-11-6-5-7-14-12(2)18(26-17(11)14)19(24)22-13-8-9-15(16(21)10-13)20(25)23(3)4/h5-10H,1-4H3,(H,22,24). The number of anilines is 1. The van der Waals surface area contributed by atoms with Gasteiger partial charge in [-0.05, 0) is 37.6 Å². The second-order valence-electron chi connectivity index (χ2n) is 6.36. The van der Waals surface area contributed by atoms with E-state index in [9.17, 15) is 9.59 Å². The summed E-state index contributed by atoms with van der Waals surface area (Å²) in [5.41, 5.74) is 3.34. The number of halogens is 1. The van der Waals surface area contributed by atoms with E-state index in [0.29, 0.717) is 16.8 Å². The number of para-hydroxylation sites is 1. The van der Waals surface area contributed by atoms with Crippen LogP contribution in [0.15, 0.2) is 40.8 Å². The molecule has 0 saturated heterocycles. The monoisotopic (exact) mass is 370 g/mol. The molecule has 134 valence electrons. The van der Waals surface area contributed by atoms with Gasteiger partial charge in [-0.15, -0.1) is 0 Å². The lowest BCUT2D eigenvalue weighted by molar-refractivity contribution is 0.0827. The van der Waals surface area contributed by atoms with Crippen LogP contribution in [0.3, 0.4) is 0 Å². The van der Waals surface area contributed by atoms with E-state index in [1.54, 1.807) is 32.3 Å². The summed E-state index contributed by atoms with van der Waals surface area (Å²) < 4.78 is 5.78. The van der Waals surface area contributed by atoms with Crippen LogP contribution in [0.4, 0.5) is 5.69 Å². The van der Waals surface area contributed by atoms with E-state index in [1.807, 2.05) is 32.0 Å². The van der Waals surface area contributed by atoms with Crippen molar-refractivity contribution >= 4 is 40.1 Å². The van der Waals surface area contributed by atoms with Crippen LogP contribution in [-0.2, 0) is 0 Å². The van der Waals surface area contributed by atoms with Crippen molar-refractivity contribution in [3.63, 3.8) is 0 Å². The number of carbonyl (C=O) groups excluding carboxylic acids is 2. The molecular weight excluding hydrogens is 352 g/mol. The molecule has 0 aliphatic carbocycles. The highest BCUT2D eigenvalue weighted by Crippen LogP contribution is 2.29. The van der Waals surface area contributed by atoms with Gasteiger partial charge in [0.1, 0.15) is 5.58 Å². The lowest BCUT2D eigenvalue weighted by Gasteiger charge is -2.12. The number of aryl methyl sites for hydroxylation is 2. The Balaban J connectivity index is 1.89. The highest BCUT2D eigenvalue weighted by atomic mass is 35.5. The first-order valence-electron chi connectivity index (χ1n) is 8.11. The Kier molecular flexibility index (Phi) is 4.74. The summed E-state index contributed by atoms with van der Waals surface area (Å²) in [6.45, 7) is 3.79. The molecular formula is C20H19ClN2O3. The topological polar surface area (TPSA) is 62.6 Å². The molecule has 2 aromatic carbocycles. The van der Waals surface area contributed by atoms with Gasteiger partial charge in [0.05, 0.1) is 10.6 Å². The SMILES string of the molecule is Cc1c(C(=O)Nc2ccc(C(=O)N(C)C)c(Cl)c2)oc2c(C)cccc12. The Bertz CT molecular complexity index is 1020. The smallest absolute Gasteiger partial charge is 0.291 e. The number of fused-ring (bicyclic) bond motifs is 1. The molecule has 0 spiro atoms. The van der Waals surface area contributed by atoms with Crippen LogP contribution in [0, 0.1) is 13.8 Å². The first kappa shape index (κ1) is 18.0. The van der Waals surface area contributed by atoms with Crippen molar-refractivity contribution in [1.29, 1.82) is 0 Å². The molecule has 0 bridgehead atoms. The number of nitrogens with one attached hydrogen (secondary N) is 1. The Morgan fingerprint density at radius 1 is 1.12 bits per heavy atom. The van der Waals surface area contributed by atoms with Gasteiger partial charge in [-0.2, -0.15) is 0 Å². The summed E-state index contributed by atoms with van der Waals surface area (Å²) in [6.07, 6.45) is 0. The molecule has 1 N–H and O–H groups in total. The first-order valence-corrected chi connectivity index (χ1v) is 8.48. The van der Waals surface area contributed by atoms with Gasteiger partial charge in [-0.25, -0.2) is 0 Å². The number of rotatable bonds is 3.